The number of hydrogen-bond donors (Lipinski definition) is 0. The van der Waals surface area contributed by atoms with E-state index in [1.54, 1.807) is 18.4 Å². The number of thiophene rings is 1. The first-order valence-corrected chi connectivity index (χ1v) is 13.1. The van der Waals surface area contributed by atoms with E-state index in [0.29, 0.717) is 12.0 Å². The zero-order valence-electron chi connectivity index (χ0n) is 17.8. The molecule has 0 amide bonds. The number of nitrogens with zero attached hydrogens (tertiary/aromatic N) is 3. The van der Waals surface area contributed by atoms with Gasteiger partial charge in [0.2, 0.25) is 0 Å². The van der Waals surface area contributed by atoms with Crippen LogP contribution in [0.5, 0.6) is 0 Å². The van der Waals surface area contributed by atoms with Crippen molar-refractivity contribution in [3.05, 3.63) is 93.8 Å². The summed E-state index contributed by atoms with van der Waals surface area (Å²) < 4.78 is 8.93. The zero-order valence-corrected chi connectivity index (χ0v) is 22.5. The van der Waals surface area contributed by atoms with Crippen molar-refractivity contribution in [3.8, 4) is 17.2 Å². The molecule has 0 N–H and O–H groups in total. The molecule has 0 spiro atoms. The number of hydrogen-bond acceptors (Lipinski definition) is 5. The number of aryl methyl sites for hydroxylation is 1. The minimum atomic E-state index is -0.393. The van der Waals surface area contributed by atoms with Crippen LogP contribution >= 0.6 is 11.3 Å². The molecule has 7 heteroatoms. The topological polar surface area (TPSA) is 71.3 Å². The van der Waals surface area contributed by atoms with Gasteiger partial charge in [-0.3, -0.25) is 4.57 Å². The molecule has 0 aliphatic rings. The fraction of sp³-hybridized carbons (Fsp3) is 0.148. The first-order chi connectivity index (χ1) is 16.0. The molecular formula is C27H22N3O2PbS. The summed E-state index contributed by atoms with van der Waals surface area (Å²) in [5.74, 6) is -0.361. The van der Waals surface area contributed by atoms with Crippen LogP contribution in [-0.2, 0) is 13.5 Å². The van der Waals surface area contributed by atoms with Crippen LogP contribution in [0.15, 0.2) is 87.0 Å². The minimum absolute atomic E-state index is 0. The second-order valence-electron chi connectivity index (χ2n) is 7.77. The van der Waals surface area contributed by atoms with Gasteiger partial charge in [0.15, 0.2) is 5.58 Å². The monoisotopic (exact) mass is 660 g/mol. The standard InChI is InChI=1S/C26H18N3O2S.CH4.Pb/c1-29-23-12-18(9-10-24(23)31-26(29)30)19-7-8-20-11-22(32-25(20)13-19)14-21(15-27)28-16-17-5-3-2-4-6-17;;/h2-13,21H,14H2,1H3;1H4;. The molecule has 5 nitrogen and oxygen atoms in total. The Hall–Kier alpha value is -3.03. The summed E-state index contributed by atoms with van der Waals surface area (Å²) in [6.07, 6.45) is 0.604. The van der Waals surface area contributed by atoms with Crippen LogP contribution in [0.2, 0.25) is 0 Å². The van der Waals surface area contributed by atoms with Crippen molar-refractivity contribution in [3.63, 3.8) is 0 Å². The molecular weight excluding hydrogens is 638 g/mol. The van der Waals surface area contributed by atoms with Crippen molar-refractivity contribution in [2.24, 2.45) is 12.0 Å². The number of oxazole rings is 1. The molecule has 2 aromatic heterocycles. The summed E-state index contributed by atoms with van der Waals surface area (Å²) in [5.41, 5.74) is 4.56. The van der Waals surface area contributed by atoms with Crippen LogP contribution in [0.4, 0.5) is 0 Å². The van der Waals surface area contributed by atoms with Gasteiger partial charge in [0.1, 0.15) is 0 Å². The molecule has 5 rings (SSSR count). The van der Waals surface area contributed by atoms with Crippen molar-refractivity contribution in [1.82, 2.24) is 4.57 Å². The van der Waals surface area contributed by atoms with E-state index in [1.807, 2.05) is 48.5 Å². The molecule has 3 aromatic carbocycles. The number of aromatic nitrogens is 1. The van der Waals surface area contributed by atoms with E-state index < -0.39 is 6.04 Å². The first kappa shape index (κ1) is 24.1. The third-order valence-corrected chi connectivity index (χ3v) is 8.32. The Bertz CT molecular complexity index is 1610. The number of nitriles is 1. The number of aliphatic imine (C=N–C) groups is 1. The van der Waals surface area contributed by atoms with Gasteiger partial charge in [0, 0.05) is 7.05 Å². The van der Waals surface area contributed by atoms with Gasteiger partial charge in [0.25, 0.3) is 0 Å². The van der Waals surface area contributed by atoms with Gasteiger partial charge in [-0.05, 0) is 0 Å². The summed E-state index contributed by atoms with van der Waals surface area (Å²) in [4.78, 5) is 17.7. The van der Waals surface area contributed by atoms with Crippen LogP contribution in [0, 0.1) is 11.3 Å². The Kier molecular flexibility index (Phi) is 7.14. The summed E-state index contributed by atoms with van der Waals surface area (Å²) in [6, 6.07) is 26.3. The molecule has 0 bridgehead atoms. The van der Waals surface area contributed by atoms with Crippen molar-refractivity contribution >= 4 is 61.6 Å². The third-order valence-electron chi connectivity index (χ3n) is 5.57. The van der Waals surface area contributed by atoms with Gasteiger partial charge in [-0.1, -0.05) is 7.43 Å². The van der Waals surface area contributed by atoms with E-state index in [9.17, 15) is 10.1 Å². The second-order valence-corrected chi connectivity index (χ2v) is 10.8. The number of rotatable bonds is 5. The first-order valence-electron chi connectivity index (χ1n) is 10.4. The van der Waals surface area contributed by atoms with Gasteiger partial charge < -0.3 is 4.42 Å². The van der Waals surface area contributed by atoms with Gasteiger partial charge in [-0.15, -0.1) is 0 Å². The van der Waals surface area contributed by atoms with Crippen molar-refractivity contribution in [2.75, 3.05) is 0 Å². The Morgan fingerprint density at radius 1 is 1.12 bits per heavy atom. The molecule has 167 valence electrons. The normalized spacial score (nSPS) is 12.4. The van der Waals surface area contributed by atoms with Crippen molar-refractivity contribution in [2.45, 2.75) is 19.9 Å². The van der Waals surface area contributed by atoms with E-state index in [0.717, 1.165) is 61.5 Å². The molecule has 1 atom stereocenters. The molecule has 3 radical (unpaired) electrons. The Morgan fingerprint density at radius 3 is 2.62 bits per heavy atom. The molecule has 1 unspecified atom stereocenters. The van der Waals surface area contributed by atoms with E-state index in [2.05, 4.69) is 30.3 Å². The van der Waals surface area contributed by atoms with E-state index >= 15 is 0 Å². The Balaban J connectivity index is 0.00000274. The summed E-state index contributed by atoms with van der Waals surface area (Å²) in [6.45, 7) is 0. The molecule has 34 heavy (non-hydrogen) atoms. The average Bonchev–Trinajstić information content (AvgIpc) is 3.37. The van der Waals surface area contributed by atoms with Crippen molar-refractivity contribution in [1.29, 1.82) is 5.26 Å². The summed E-state index contributed by atoms with van der Waals surface area (Å²) >= 11 is 2.49. The number of fused-ring (bicyclic) bond motifs is 2. The van der Waals surface area contributed by atoms with E-state index in [1.165, 1.54) is 9.27 Å². The van der Waals surface area contributed by atoms with Crippen LogP contribution in [0.3, 0.4) is 0 Å². The fourth-order valence-corrected chi connectivity index (χ4v) is 6.20. The van der Waals surface area contributed by atoms with Gasteiger partial charge in [-0.25, -0.2) is 4.79 Å². The van der Waals surface area contributed by atoms with E-state index in [4.69, 9.17) is 9.41 Å². The molecule has 0 saturated carbocycles. The molecule has 0 aliphatic heterocycles. The fourth-order valence-electron chi connectivity index (χ4n) is 3.81. The maximum atomic E-state index is 11.8. The van der Waals surface area contributed by atoms with Crippen LogP contribution in [-0.4, -0.2) is 39.6 Å². The maximum absolute atomic E-state index is 11.8. The molecule has 0 saturated heterocycles. The molecule has 0 aliphatic carbocycles. The van der Waals surface area contributed by atoms with E-state index in [-0.39, 0.29) is 13.2 Å². The Labute approximate surface area is 217 Å². The molecule has 2 heterocycles. The second kappa shape index (κ2) is 10.1. The van der Waals surface area contributed by atoms with Crippen molar-refractivity contribution < 1.29 is 4.42 Å². The zero-order chi connectivity index (χ0) is 22.9. The third kappa shape index (κ3) is 4.77. The molecule has 5 aromatic rings. The van der Waals surface area contributed by atoms with Gasteiger partial charge in [-0.2, -0.15) is 0 Å². The average molecular weight is 660 g/mol. The Morgan fingerprint density at radius 2 is 1.85 bits per heavy atom. The molecule has 0 fully saturated rings. The SMILES string of the molecule is C.Cn1c(=O)oc2ccc(-c3ccc4cc(CC(C#N)N=[C]([Pb])c5ccccc5)sc4c3)cc21. The van der Waals surface area contributed by atoms with Crippen LogP contribution < -0.4 is 5.76 Å². The number of benzene rings is 3. The van der Waals surface area contributed by atoms with Crippen LogP contribution in [0.1, 0.15) is 17.9 Å². The van der Waals surface area contributed by atoms with Gasteiger partial charge >= 0.3 is 185 Å². The predicted molar refractivity (Wildman–Crippen MR) is 141 cm³/mol. The van der Waals surface area contributed by atoms with Crippen LogP contribution in [0.25, 0.3) is 32.3 Å². The van der Waals surface area contributed by atoms with Gasteiger partial charge in [0.05, 0.1) is 0 Å². The quantitative estimate of drug-likeness (QED) is 0.180. The summed E-state index contributed by atoms with van der Waals surface area (Å²) in [7, 11) is 1.71. The summed E-state index contributed by atoms with van der Waals surface area (Å²) in [5, 5.41) is 10.9. The predicted octanol–water partition coefficient (Wildman–Crippen LogP) is 5.70.